The van der Waals surface area contributed by atoms with Crippen molar-refractivity contribution in [2.45, 2.75) is 27.0 Å². The van der Waals surface area contributed by atoms with Gasteiger partial charge in [-0.3, -0.25) is 0 Å². The number of rotatable bonds is 10. The quantitative estimate of drug-likeness (QED) is 0.255. The fourth-order valence-electron chi connectivity index (χ4n) is 3.31. The van der Waals surface area contributed by atoms with Crippen LogP contribution >= 0.6 is 11.3 Å². The molecule has 0 saturated carbocycles. The number of aryl methyl sites for hydroxylation is 2. The Hall–Kier alpha value is -3.15. The molecule has 0 aliphatic heterocycles. The van der Waals surface area contributed by atoms with Crippen molar-refractivity contribution in [3.8, 4) is 5.75 Å². The molecule has 0 spiro atoms. The fourth-order valence-corrected chi connectivity index (χ4v) is 4.24. The Kier molecular flexibility index (Phi) is 7.54. The van der Waals surface area contributed by atoms with E-state index < -0.39 is 0 Å². The minimum atomic E-state index is 0.519. The van der Waals surface area contributed by atoms with Crippen LogP contribution in [-0.4, -0.2) is 18.2 Å². The van der Waals surface area contributed by atoms with E-state index in [4.69, 9.17) is 14.5 Å². The summed E-state index contributed by atoms with van der Waals surface area (Å²) in [6.07, 6.45) is 0. The molecule has 5 heteroatoms. The minimum absolute atomic E-state index is 0.519. The molecule has 4 rings (SSSR count). The van der Waals surface area contributed by atoms with E-state index in [0.29, 0.717) is 19.8 Å². The van der Waals surface area contributed by atoms with Crippen molar-refractivity contribution in [2.75, 3.05) is 18.1 Å². The average Bonchev–Trinajstić information content (AvgIpc) is 3.17. The van der Waals surface area contributed by atoms with Crippen LogP contribution < -0.4 is 9.64 Å². The lowest BCUT2D eigenvalue weighted by Crippen LogP contribution is -2.16. The summed E-state index contributed by atoms with van der Waals surface area (Å²) in [6.45, 7) is 6.62. The molecule has 0 bridgehead atoms. The number of ether oxygens (including phenoxy) is 2. The first-order valence-electron chi connectivity index (χ1n) is 10.8. The Morgan fingerprint density at radius 1 is 0.781 bits per heavy atom. The molecule has 1 aromatic heterocycles. The largest absolute Gasteiger partial charge is 0.491 e. The van der Waals surface area contributed by atoms with Crippen molar-refractivity contribution in [1.29, 1.82) is 0 Å². The molecule has 3 aromatic carbocycles. The van der Waals surface area contributed by atoms with Gasteiger partial charge in [0.25, 0.3) is 0 Å². The summed E-state index contributed by atoms with van der Waals surface area (Å²) in [4.78, 5) is 8.30. The number of benzene rings is 3. The Morgan fingerprint density at radius 3 is 2.06 bits per heavy atom. The zero-order valence-corrected chi connectivity index (χ0v) is 19.3. The number of anilines is 2. The third-order valence-corrected chi connectivity index (χ3v) is 6.28. The minimum Gasteiger partial charge on any atom is -0.491 e. The summed E-state index contributed by atoms with van der Waals surface area (Å²) in [6, 6.07) is 28.9. The predicted octanol–water partition coefficient (Wildman–Crippen LogP) is 6.69. The van der Waals surface area contributed by atoms with Gasteiger partial charge >= 0.3 is 0 Å². The highest BCUT2D eigenvalue weighted by Crippen LogP contribution is 2.33. The van der Waals surface area contributed by atoms with Crippen molar-refractivity contribution in [2.24, 2.45) is 0 Å². The summed E-state index contributed by atoms with van der Waals surface area (Å²) >= 11 is 1.73. The molecule has 0 unspecified atom stereocenters. The van der Waals surface area contributed by atoms with E-state index in [9.17, 15) is 0 Å². The van der Waals surface area contributed by atoms with Gasteiger partial charge in [-0.15, -0.1) is 11.3 Å². The maximum atomic E-state index is 5.87. The van der Waals surface area contributed by atoms with E-state index in [1.54, 1.807) is 11.3 Å². The molecule has 164 valence electrons. The molecule has 4 nitrogen and oxygen atoms in total. The van der Waals surface area contributed by atoms with Crippen molar-refractivity contribution in [3.05, 3.63) is 107 Å². The van der Waals surface area contributed by atoms with Crippen molar-refractivity contribution >= 4 is 22.2 Å². The molecule has 0 saturated heterocycles. The van der Waals surface area contributed by atoms with Crippen LogP contribution in [0.25, 0.3) is 0 Å². The summed E-state index contributed by atoms with van der Waals surface area (Å²) in [5, 5.41) is 1.01. The fraction of sp³-hybridized carbons (Fsp3) is 0.222. The molecular formula is C27H28N2O2S. The van der Waals surface area contributed by atoms with Crippen LogP contribution in [0.3, 0.4) is 0 Å². The van der Waals surface area contributed by atoms with Crippen LogP contribution in [0.5, 0.6) is 5.75 Å². The molecule has 0 atom stereocenters. The number of aromatic nitrogens is 1. The molecule has 1 heterocycles. The van der Waals surface area contributed by atoms with E-state index >= 15 is 0 Å². The van der Waals surface area contributed by atoms with Gasteiger partial charge in [-0.1, -0.05) is 60.7 Å². The molecule has 0 N–H and O–H groups in total. The molecule has 4 aromatic rings. The molecule has 32 heavy (non-hydrogen) atoms. The number of hydrogen-bond acceptors (Lipinski definition) is 5. The van der Waals surface area contributed by atoms with E-state index in [1.165, 1.54) is 16.0 Å². The summed E-state index contributed by atoms with van der Waals surface area (Å²) < 4.78 is 11.6. The van der Waals surface area contributed by atoms with Gasteiger partial charge in [0.05, 0.1) is 25.5 Å². The molecule has 0 fully saturated rings. The average molecular weight is 445 g/mol. The van der Waals surface area contributed by atoms with Gasteiger partial charge in [-0.05, 0) is 49.2 Å². The molecular weight excluding hydrogens is 416 g/mol. The first-order valence-corrected chi connectivity index (χ1v) is 11.6. The van der Waals surface area contributed by atoms with Crippen LogP contribution in [-0.2, 0) is 17.9 Å². The van der Waals surface area contributed by atoms with Gasteiger partial charge in [0.1, 0.15) is 12.4 Å². The lowest BCUT2D eigenvalue weighted by molar-refractivity contribution is 0.0889. The Labute approximate surface area is 194 Å². The topological polar surface area (TPSA) is 34.6 Å². The third kappa shape index (κ3) is 5.96. The first kappa shape index (κ1) is 22.1. The van der Waals surface area contributed by atoms with Crippen LogP contribution in [0.15, 0.2) is 84.9 Å². The molecule has 0 radical (unpaired) electrons. The van der Waals surface area contributed by atoms with E-state index in [-0.39, 0.29) is 0 Å². The predicted molar refractivity (Wildman–Crippen MR) is 132 cm³/mol. The van der Waals surface area contributed by atoms with E-state index in [2.05, 4.69) is 67.3 Å². The van der Waals surface area contributed by atoms with Gasteiger partial charge < -0.3 is 14.4 Å². The van der Waals surface area contributed by atoms with E-state index in [0.717, 1.165) is 28.8 Å². The lowest BCUT2D eigenvalue weighted by atomic mass is 10.2. The van der Waals surface area contributed by atoms with Gasteiger partial charge in [0.15, 0.2) is 5.13 Å². The van der Waals surface area contributed by atoms with Gasteiger partial charge in [0.2, 0.25) is 0 Å². The van der Waals surface area contributed by atoms with Crippen LogP contribution in [0.2, 0.25) is 0 Å². The summed E-state index contributed by atoms with van der Waals surface area (Å²) in [5.41, 5.74) is 4.59. The Balaban J connectivity index is 1.37. The smallest absolute Gasteiger partial charge is 0.190 e. The second kappa shape index (κ2) is 10.9. The highest BCUT2D eigenvalue weighted by molar-refractivity contribution is 7.15. The number of thiazole rings is 1. The third-order valence-electron chi connectivity index (χ3n) is 5.19. The van der Waals surface area contributed by atoms with Crippen molar-refractivity contribution in [1.82, 2.24) is 4.98 Å². The second-order valence-electron chi connectivity index (χ2n) is 7.59. The SMILES string of the molecule is Cc1nc(N(Cc2ccccc2)c2ccc(OCCOCc3ccccc3)cc2)sc1C. The van der Waals surface area contributed by atoms with Crippen LogP contribution in [0.4, 0.5) is 10.8 Å². The highest BCUT2D eigenvalue weighted by atomic mass is 32.1. The lowest BCUT2D eigenvalue weighted by Gasteiger charge is -2.22. The van der Waals surface area contributed by atoms with Crippen LogP contribution in [0, 0.1) is 13.8 Å². The zero-order valence-electron chi connectivity index (χ0n) is 18.5. The van der Waals surface area contributed by atoms with Gasteiger partial charge in [-0.2, -0.15) is 0 Å². The van der Waals surface area contributed by atoms with E-state index in [1.807, 2.05) is 36.4 Å². The van der Waals surface area contributed by atoms with Crippen molar-refractivity contribution in [3.63, 3.8) is 0 Å². The standard InChI is InChI=1S/C27H28N2O2S/c1-21-22(2)32-27(28-21)29(19-23-9-5-3-6-10-23)25-13-15-26(16-14-25)31-18-17-30-20-24-11-7-4-8-12-24/h3-16H,17-20H2,1-2H3. The Bertz CT molecular complexity index is 1080. The highest BCUT2D eigenvalue weighted by Gasteiger charge is 2.15. The van der Waals surface area contributed by atoms with Gasteiger partial charge in [-0.25, -0.2) is 4.98 Å². The van der Waals surface area contributed by atoms with Crippen LogP contribution in [0.1, 0.15) is 21.7 Å². The maximum absolute atomic E-state index is 5.87. The monoisotopic (exact) mass is 444 g/mol. The van der Waals surface area contributed by atoms with Crippen molar-refractivity contribution < 1.29 is 9.47 Å². The summed E-state index contributed by atoms with van der Waals surface area (Å²) in [7, 11) is 0. The number of nitrogens with zero attached hydrogens (tertiary/aromatic N) is 2. The molecule has 0 aliphatic carbocycles. The maximum Gasteiger partial charge on any atom is 0.190 e. The number of hydrogen-bond donors (Lipinski definition) is 0. The van der Waals surface area contributed by atoms with Gasteiger partial charge in [0, 0.05) is 10.6 Å². The molecule has 0 amide bonds. The molecule has 0 aliphatic rings. The first-order chi connectivity index (χ1) is 15.7. The second-order valence-corrected chi connectivity index (χ2v) is 8.77. The zero-order chi connectivity index (χ0) is 22.2. The normalized spacial score (nSPS) is 10.8. The summed E-state index contributed by atoms with van der Waals surface area (Å²) in [5.74, 6) is 0.836. The Morgan fingerprint density at radius 2 is 1.44 bits per heavy atom.